The maximum absolute atomic E-state index is 13.6. The molecule has 5 N–H and O–H groups in total. The largest absolute Gasteiger partial charge is 0.420 e. The summed E-state index contributed by atoms with van der Waals surface area (Å²) >= 11 is 0. The molecule has 2 heterocycles. The number of halogens is 5. The minimum absolute atomic E-state index is 0.0204. The fourth-order valence-corrected chi connectivity index (χ4v) is 4.28. The number of carbonyl (C=O) groups excluding carboxylic acids is 1. The van der Waals surface area contributed by atoms with Crippen LogP contribution in [0.25, 0.3) is 0 Å². The third-order valence-corrected chi connectivity index (χ3v) is 6.74. The lowest BCUT2D eigenvalue weighted by Gasteiger charge is -2.40. The summed E-state index contributed by atoms with van der Waals surface area (Å²) in [4.78, 5) is 29.8. The molecule has 0 aliphatic carbocycles. The van der Waals surface area contributed by atoms with Gasteiger partial charge in [0, 0.05) is 12.6 Å². The summed E-state index contributed by atoms with van der Waals surface area (Å²) in [6.07, 6.45) is -7.30. The molecule has 0 bridgehead atoms. The first-order valence-corrected chi connectivity index (χ1v) is 14.0. The maximum Gasteiger partial charge on any atom is 0.325 e. The van der Waals surface area contributed by atoms with Gasteiger partial charge in [0.1, 0.15) is 18.3 Å². The van der Waals surface area contributed by atoms with Crippen LogP contribution < -0.4 is 4.74 Å². The van der Waals surface area contributed by atoms with Crippen molar-refractivity contribution in [3.63, 3.8) is 0 Å². The number of ether oxygens (including phenoxy) is 4. The standard InChI is InChI=1S/C22H27F5N3O11P/c23-13-14(24)16(26)21(17(27)15(13)25)41-12(31)2-5-38-7-4-30-9-10(28-29-30)1-6-39-22-20(34)19(33)18(32)11(40-22)3-8-42(35,36)37/h9,11,18-20,22,32-34H,1-8H2,(H2,35,36,37)/t11-,18-,19+,20+,22+/m1/s1. The monoisotopic (exact) mass is 635 g/mol. The van der Waals surface area contributed by atoms with Crippen molar-refractivity contribution in [1.82, 2.24) is 15.0 Å². The summed E-state index contributed by atoms with van der Waals surface area (Å²) in [5.41, 5.74) is 0.422. The lowest BCUT2D eigenvalue weighted by Crippen LogP contribution is -2.58. The summed E-state index contributed by atoms with van der Waals surface area (Å²) in [5.74, 6) is -14.5. The van der Waals surface area contributed by atoms with E-state index in [1.165, 1.54) is 10.9 Å². The molecular weight excluding hydrogens is 608 g/mol. The Morgan fingerprint density at radius 2 is 1.60 bits per heavy atom. The molecule has 0 unspecified atom stereocenters. The molecule has 14 nitrogen and oxygen atoms in total. The van der Waals surface area contributed by atoms with E-state index in [9.17, 15) is 46.6 Å². The Bertz CT molecular complexity index is 1250. The number of benzene rings is 1. The van der Waals surface area contributed by atoms with Crippen molar-refractivity contribution in [2.75, 3.05) is 26.0 Å². The highest BCUT2D eigenvalue weighted by atomic mass is 31.2. The number of rotatable bonds is 14. The van der Waals surface area contributed by atoms with Gasteiger partial charge in [-0.25, -0.2) is 17.9 Å². The van der Waals surface area contributed by atoms with Gasteiger partial charge in [0.15, 0.2) is 6.29 Å². The van der Waals surface area contributed by atoms with Gasteiger partial charge in [-0.15, -0.1) is 5.10 Å². The molecule has 1 aliphatic heterocycles. The van der Waals surface area contributed by atoms with Crippen LogP contribution in [0.1, 0.15) is 18.5 Å². The van der Waals surface area contributed by atoms with E-state index < -0.39 is 91.7 Å². The van der Waals surface area contributed by atoms with E-state index in [-0.39, 0.29) is 39.2 Å². The second kappa shape index (κ2) is 14.7. The number of hydrogen-bond donors (Lipinski definition) is 5. The van der Waals surface area contributed by atoms with E-state index >= 15 is 0 Å². The van der Waals surface area contributed by atoms with E-state index in [0.29, 0.717) is 5.69 Å². The molecule has 20 heteroatoms. The van der Waals surface area contributed by atoms with E-state index in [1.807, 2.05) is 0 Å². The summed E-state index contributed by atoms with van der Waals surface area (Å²) in [6, 6.07) is 0. The zero-order chi connectivity index (χ0) is 31.2. The minimum atomic E-state index is -4.39. The van der Waals surface area contributed by atoms with Crippen molar-refractivity contribution >= 4 is 13.6 Å². The Hall–Kier alpha value is -2.61. The zero-order valence-electron chi connectivity index (χ0n) is 21.5. The number of nitrogens with zero attached hydrogens (tertiary/aromatic N) is 3. The second-order valence-electron chi connectivity index (χ2n) is 9.02. The molecule has 5 atom stereocenters. The molecule has 2 aromatic rings. The van der Waals surface area contributed by atoms with Gasteiger partial charge in [0.05, 0.1) is 50.7 Å². The number of hydrogen-bond acceptors (Lipinski definition) is 11. The first-order valence-electron chi connectivity index (χ1n) is 12.2. The number of esters is 1. The van der Waals surface area contributed by atoms with E-state index in [4.69, 9.17) is 24.0 Å². The molecule has 1 saturated heterocycles. The normalized spacial score (nSPS) is 22.9. The fourth-order valence-electron chi connectivity index (χ4n) is 3.69. The topological polar surface area (TPSA) is 203 Å². The quantitative estimate of drug-likeness (QED) is 0.0351. The number of aromatic nitrogens is 3. The van der Waals surface area contributed by atoms with Crippen molar-refractivity contribution in [2.24, 2.45) is 0 Å². The van der Waals surface area contributed by atoms with Crippen LogP contribution in [0.4, 0.5) is 22.0 Å². The minimum Gasteiger partial charge on any atom is -0.420 e. The van der Waals surface area contributed by atoms with Crippen LogP contribution in [0.15, 0.2) is 6.20 Å². The maximum atomic E-state index is 13.6. The highest BCUT2D eigenvalue weighted by molar-refractivity contribution is 7.51. The highest BCUT2D eigenvalue weighted by Crippen LogP contribution is 2.37. The average molecular weight is 635 g/mol. The molecule has 1 fully saturated rings. The van der Waals surface area contributed by atoms with Gasteiger partial charge in [-0.05, 0) is 6.42 Å². The number of carbonyl (C=O) groups is 1. The van der Waals surface area contributed by atoms with Crippen molar-refractivity contribution < 1.29 is 75.4 Å². The van der Waals surface area contributed by atoms with Crippen LogP contribution in [0.5, 0.6) is 5.75 Å². The third kappa shape index (κ3) is 8.95. The van der Waals surface area contributed by atoms with Crippen LogP contribution in [-0.4, -0.2) is 103 Å². The summed E-state index contributed by atoms with van der Waals surface area (Å²) < 4.78 is 99.2. The Labute approximate surface area is 233 Å². The van der Waals surface area contributed by atoms with Crippen LogP contribution in [0.2, 0.25) is 0 Å². The van der Waals surface area contributed by atoms with Gasteiger partial charge in [-0.2, -0.15) is 8.78 Å². The lowest BCUT2D eigenvalue weighted by molar-refractivity contribution is -0.296. The Balaban J connectivity index is 1.37. The molecule has 42 heavy (non-hydrogen) atoms. The molecule has 3 rings (SSSR count). The average Bonchev–Trinajstić information content (AvgIpc) is 3.39. The molecule has 1 aromatic carbocycles. The first-order chi connectivity index (χ1) is 19.7. The zero-order valence-corrected chi connectivity index (χ0v) is 22.4. The Morgan fingerprint density at radius 1 is 0.952 bits per heavy atom. The van der Waals surface area contributed by atoms with Gasteiger partial charge < -0.3 is 44.1 Å². The van der Waals surface area contributed by atoms with Crippen LogP contribution in [0, 0.1) is 29.1 Å². The van der Waals surface area contributed by atoms with Crippen LogP contribution in [0.3, 0.4) is 0 Å². The van der Waals surface area contributed by atoms with Gasteiger partial charge in [-0.1, -0.05) is 5.21 Å². The van der Waals surface area contributed by atoms with Gasteiger partial charge in [0.25, 0.3) is 0 Å². The molecule has 0 saturated carbocycles. The second-order valence-corrected chi connectivity index (χ2v) is 10.8. The molecule has 0 amide bonds. The van der Waals surface area contributed by atoms with Crippen LogP contribution >= 0.6 is 7.60 Å². The van der Waals surface area contributed by atoms with E-state index in [2.05, 4.69) is 15.0 Å². The Morgan fingerprint density at radius 3 is 2.24 bits per heavy atom. The highest BCUT2D eigenvalue weighted by Gasteiger charge is 2.44. The fraction of sp³-hybridized carbons (Fsp3) is 0.591. The van der Waals surface area contributed by atoms with Gasteiger partial charge in [0.2, 0.25) is 34.8 Å². The van der Waals surface area contributed by atoms with E-state index in [1.54, 1.807) is 0 Å². The molecule has 1 aromatic heterocycles. The Kier molecular flexibility index (Phi) is 11.9. The molecule has 0 radical (unpaired) electrons. The molecular formula is C22H27F5N3O11P. The number of aliphatic hydroxyl groups excluding tert-OH is 3. The summed E-state index contributed by atoms with van der Waals surface area (Å²) in [5, 5.41) is 37.8. The lowest BCUT2D eigenvalue weighted by atomic mass is 9.97. The smallest absolute Gasteiger partial charge is 0.325 e. The van der Waals surface area contributed by atoms with Crippen molar-refractivity contribution in [2.45, 2.75) is 56.5 Å². The van der Waals surface area contributed by atoms with Gasteiger partial charge >= 0.3 is 13.6 Å². The predicted molar refractivity (Wildman–Crippen MR) is 125 cm³/mol. The molecule has 236 valence electrons. The van der Waals surface area contributed by atoms with Crippen LogP contribution in [-0.2, 0) is 36.5 Å². The van der Waals surface area contributed by atoms with Crippen molar-refractivity contribution in [3.8, 4) is 5.75 Å². The summed E-state index contributed by atoms with van der Waals surface area (Å²) in [7, 11) is -4.39. The van der Waals surface area contributed by atoms with Gasteiger partial charge in [-0.3, -0.25) is 9.36 Å². The molecule has 1 aliphatic rings. The molecule has 0 spiro atoms. The van der Waals surface area contributed by atoms with Crippen molar-refractivity contribution in [3.05, 3.63) is 41.0 Å². The number of aliphatic hydroxyl groups is 3. The predicted octanol–water partition coefficient (Wildman–Crippen LogP) is -0.0796. The van der Waals surface area contributed by atoms with Crippen molar-refractivity contribution in [1.29, 1.82) is 0 Å². The first kappa shape index (κ1) is 33.9. The summed E-state index contributed by atoms with van der Waals surface area (Å²) in [6.45, 7) is -0.289. The third-order valence-electron chi connectivity index (χ3n) is 5.90. The van der Waals surface area contributed by atoms with E-state index in [0.717, 1.165) is 0 Å². The SMILES string of the molecule is O=C(CCOCCn1cc(CCO[C@H]2O[C@H](CCP(=O)(O)O)[C@@H](O)[C@H](O)[C@@H]2O)nn1)Oc1c(F)c(F)c(F)c(F)c1F.